The Balaban J connectivity index is 2.26. The van der Waals surface area contributed by atoms with E-state index in [2.05, 4.69) is 9.72 Å². The Hall–Kier alpha value is -2.37. The summed E-state index contributed by atoms with van der Waals surface area (Å²) in [7, 11) is 0. The zero-order valence-electron chi connectivity index (χ0n) is 11.7. The van der Waals surface area contributed by atoms with E-state index >= 15 is 0 Å². The number of ether oxygens (including phenoxy) is 1. The van der Waals surface area contributed by atoms with Gasteiger partial charge >= 0.3 is 6.16 Å². The number of nitrogens with zero attached hydrogens (tertiary/aromatic N) is 2. The number of aromatic nitrogens is 2. The number of hydrogen-bond donors (Lipinski definition) is 1. The summed E-state index contributed by atoms with van der Waals surface area (Å²) in [5.74, 6) is -0.160. The molecule has 1 saturated carbocycles. The van der Waals surface area contributed by atoms with E-state index in [-0.39, 0.29) is 11.8 Å². The van der Waals surface area contributed by atoms with E-state index in [1.165, 1.54) is 6.20 Å². The lowest BCUT2D eigenvalue weighted by Gasteiger charge is -2.18. The van der Waals surface area contributed by atoms with Crippen molar-refractivity contribution >= 4 is 17.2 Å². The lowest BCUT2D eigenvalue weighted by molar-refractivity contribution is 0.143. The van der Waals surface area contributed by atoms with Gasteiger partial charge in [0.2, 0.25) is 5.43 Å². The fourth-order valence-electron chi connectivity index (χ4n) is 2.92. The van der Waals surface area contributed by atoms with Crippen LogP contribution in [0.25, 0.3) is 11.0 Å². The zero-order chi connectivity index (χ0) is 15.0. The standard InChI is InChI=1S/C15H16N2O4/c1-9-6-7-11-13(18)12(21-15(19)20)8-17(14(11)16-9)10-4-2-3-5-10/h6-8,10H,2-5H2,1H3,(H,19,20). The van der Waals surface area contributed by atoms with Crippen LogP contribution in [-0.4, -0.2) is 20.8 Å². The summed E-state index contributed by atoms with van der Waals surface area (Å²) in [4.78, 5) is 27.5. The fraction of sp³-hybridized carbons (Fsp3) is 0.400. The molecule has 2 aromatic rings. The van der Waals surface area contributed by atoms with Crippen LogP contribution in [-0.2, 0) is 0 Å². The predicted molar refractivity (Wildman–Crippen MR) is 76.9 cm³/mol. The van der Waals surface area contributed by atoms with Crippen LogP contribution in [0.2, 0.25) is 0 Å². The first kappa shape index (κ1) is 13.6. The first-order chi connectivity index (χ1) is 10.1. The summed E-state index contributed by atoms with van der Waals surface area (Å²) in [6.07, 6.45) is 4.25. The molecule has 3 rings (SSSR count). The van der Waals surface area contributed by atoms with Gasteiger partial charge in [0, 0.05) is 11.7 Å². The van der Waals surface area contributed by atoms with E-state index in [9.17, 15) is 9.59 Å². The summed E-state index contributed by atoms with van der Waals surface area (Å²) in [5.41, 5.74) is 0.985. The van der Waals surface area contributed by atoms with E-state index in [0.717, 1.165) is 31.4 Å². The van der Waals surface area contributed by atoms with Gasteiger partial charge in [-0.2, -0.15) is 0 Å². The van der Waals surface area contributed by atoms with Gasteiger partial charge in [0.15, 0.2) is 5.75 Å². The minimum atomic E-state index is -1.48. The van der Waals surface area contributed by atoms with Crippen LogP contribution in [0.1, 0.15) is 37.4 Å². The second-order valence-electron chi connectivity index (χ2n) is 5.36. The normalized spacial score (nSPS) is 15.5. The summed E-state index contributed by atoms with van der Waals surface area (Å²) in [6, 6.07) is 3.66. The average Bonchev–Trinajstić information content (AvgIpc) is 2.95. The predicted octanol–water partition coefficient (Wildman–Crippen LogP) is 2.88. The summed E-state index contributed by atoms with van der Waals surface area (Å²) in [5, 5.41) is 9.17. The Morgan fingerprint density at radius 1 is 1.38 bits per heavy atom. The summed E-state index contributed by atoms with van der Waals surface area (Å²) < 4.78 is 6.54. The molecule has 0 spiro atoms. The minimum Gasteiger partial charge on any atom is -0.449 e. The van der Waals surface area contributed by atoms with Crippen LogP contribution in [0.5, 0.6) is 5.75 Å². The van der Waals surface area contributed by atoms with Crippen LogP contribution >= 0.6 is 0 Å². The Bertz CT molecular complexity index is 760. The average molecular weight is 288 g/mol. The van der Waals surface area contributed by atoms with Gasteiger partial charge in [-0.25, -0.2) is 9.78 Å². The van der Waals surface area contributed by atoms with Gasteiger partial charge in [-0.1, -0.05) is 12.8 Å². The Kier molecular flexibility index (Phi) is 3.37. The fourth-order valence-corrected chi connectivity index (χ4v) is 2.92. The molecule has 6 heteroatoms. The molecule has 0 bridgehead atoms. The SMILES string of the molecule is Cc1ccc2c(=O)c(OC(=O)O)cn(C3CCCC3)c2n1. The molecule has 6 nitrogen and oxygen atoms in total. The van der Waals surface area contributed by atoms with Crippen LogP contribution in [0.4, 0.5) is 4.79 Å². The number of fused-ring (bicyclic) bond motifs is 1. The smallest absolute Gasteiger partial charge is 0.449 e. The first-order valence-electron chi connectivity index (χ1n) is 6.99. The van der Waals surface area contributed by atoms with Gasteiger partial charge < -0.3 is 14.4 Å². The van der Waals surface area contributed by atoms with Crippen LogP contribution in [0.3, 0.4) is 0 Å². The molecular weight excluding hydrogens is 272 g/mol. The van der Waals surface area contributed by atoms with Gasteiger partial charge in [0.1, 0.15) is 5.65 Å². The molecule has 1 N–H and O–H groups in total. The van der Waals surface area contributed by atoms with Crippen molar-refractivity contribution in [3.63, 3.8) is 0 Å². The van der Waals surface area contributed by atoms with Crippen molar-refractivity contribution in [1.82, 2.24) is 9.55 Å². The van der Waals surface area contributed by atoms with E-state index in [0.29, 0.717) is 11.0 Å². The summed E-state index contributed by atoms with van der Waals surface area (Å²) >= 11 is 0. The topological polar surface area (TPSA) is 81.4 Å². The van der Waals surface area contributed by atoms with Crippen molar-refractivity contribution < 1.29 is 14.6 Å². The van der Waals surface area contributed by atoms with Crippen LogP contribution in [0, 0.1) is 6.92 Å². The van der Waals surface area contributed by atoms with Crippen LogP contribution < -0.4 is 10.2 Å². The molecule has 0 atom stereocenters. The third kappa shape index (κ3) is 2.49. The van der Waals surface area contributed by atoms with Crippen molar-refractivity contribution in [2.45, 2.75) is 38.6 Å². The number of rotatable bonds is 2. The number of hydrogen-bond acceptors (Lipinski definition) is 4. The van der Waals surface area contributed by atoms with Gasteiger partial charge in [0.05, 0.1) is 11.6 Å². The molecule has 21 heavy (non-hydrogen) atoms. The van der Waals surface area contributed by atoms with Gasteiger partial charge in [-0.15, -0.1) is 0 Å². The second-order valence-corrected chi connectivity index (χ2v) is 5.36. The third-order valence-corrected chi connectivity index (χ3v) is 3.90. The number of carbonyl (C=O) groups is 1. The minimum absolute atomic E-state index is 0.160. The number of aryl methyl sites for hydroxylation is 1. The van der Waals surface area contributed by atoms with Crippen LogP contribution in [0.15, 0.2) is 23.1 Å². The molecule has 1 aliphatic rings. The second kappa shape index (κ2) is 5.20. The van der Waals surface area contributed by atoms with Crippen molar-refractivity contribution in [1.29, 1.82) is 0 Å². The maximum atomic E-state index is 12.3. The molecule has 0 radical (unpaired) electrons. The van der Waals surface area contributed by atoms with Gasteiger partial charge in [0.25, 0.3) is 0 Å². The molecule has 0 amide bonds. The molecular formula is C15H16N2O4. The van der Waals surface area contributed by atoms with Crippen molar-refractivity contribution in [2.75, 3.05) is 0 Å². The first-order valence-corrected chi connectivity index (χ1v) is 6.99. The highest BCUT2D eigenvalue weighted by Gasteiger charge is 2.22. The van der Waals surface area contributed by atoms with Crippen molar-refractivity contribution in [3.05, 3.63) is 34.2 Å². The lowest BCUT2D eigenvalue weighted by Crippen LogP contribution is -2.18. The maximum Gasteiger partial charge on any atom is 0.511 e. The number of pyridine rings is 2. The molecule has 1 aliphatic carbocycles. The molecule has 0 aliphatic heterocycles. The molecule has 0 aromatic carbocycles. The van der Waals surface area contributed by atoms with Crippen molar-refractivity contribution in [2.24, 2.45) is 0 Å². The molecule has 2 heterocycles. The highest BCUT2D eigenvalue weighted by atomic mass is 16.7. The molecule has 0 saturated heterocycles. The van der Waals surface area contributed by atoms with Gasteiger partial charge in [-0.05, 0) is 31.9 Å². The number of carboxylic acid groups (broad SMARTS) is 1. The maximum absolute atomic E-state index is 12.3. The summed E-state index contributed by atoms with van der Waals surface area (Å²) in [6.45, 7) is 1.87. The molecule has 0 unspecified atom stereocenters. The van der Waals surface area contributed by atoms with E-state index in [1.54, 1.807) is 12.1 Å². The highest BCUT2D eigenvalue weighted by molar-refractivity contribution is 5.77. The third-order valence-electron chi connectivity index (χ3n) is 3.90. The Labute approximate surface area is 121 Å². The lowest BCUT2D eigenvalue weighted by atomic mass is 10.2. The zero-order valence-corrected chi connectivity index (χ0v) is 11.7. The Morgan fingerprint density at radius 3 is 2.76 bits per heavy atom. The van der Waals surface area contributed by atoms with E-state index in [4.69, 9.17) is 5.11 Å². The molecule has 1 fully saturated rings. The highest BCUT2D eigenvalue weighted by Crippen LogP contribution is 2.32. The quantitative estimate of drug-likeness (QED) is 0.859. The Morgan fingerprint density at radius 2 is 2.10 bits per heavy atom. The van der Waals surface area contributed by atoms with Gasteiger partial charge in [-0.3, -0.25) is 4.79 Å². The van der Waals surface area contributed by atoms with E-state index < -0.39 is 11.6 Å². The molecule has 2 aromatic heterocycles. The monoisotopic (exact) mass is 288 g/mol. The largest absolute Gasteiger partial charge is 0.511 e. The molecule has 110 valence electrons. The van der Waals surface area contributed by atoms with E-state index in [1.807, 2.05) is 11.5 Å². The van der Waals surface area contributed by atoms with Crippen molar-refractivity contribution in [3.8, 4) is 5.75 Å².